The number of hydrogen-bond donors (Lipinski definition) is 1. The first-order valence-corrected chi connectivity index (χ1v) is 6.90. The monoisotopic (exact) mass is 285 g/mol. The van der Waals surface area contributed by atoms with Crippen molar-refractivity contribution < 1.29 is 14.2 Å². The van der Waals surface area contributed by atoms with Crippen LogP contribution in [0.3, 0.4) is 0 Å². The summed E-state index contributed by atoms with van der Waals surface area (Å²) < 4.78 is 16.1. The molecule has 1 N–H and O–H groups in total. The van der Waals surface area contributed by atoms with Gasteiger partial charge in [-0.1, -0.05) is 11.6 Å². The first-order chi connectivity index (χ1) is 9.29. The Morgan fingerprint density at radius 2 is 2.26 bits per heavy atom. The van der Waals surface area contributed by atoms with E-state index in [4.69, 9.17) is 25.8 Å². The molecular weight excluding hydrogens is 266 g/mol. The molecule has 0 radical (unpaired) electrons. The molecule has 0 bridgehead atoms. The van der Waals surface area contributed by atoms with E-state index in [0.717, 1.165) is 30.3 Å². The highest BCUT2D eigenvalue weighted by Crippen LogP contribution is 2.30. The van der Waals surface area contributed by atoms with Crippen LogP contribution in [0, 0.1) is 0 Å². The van der Waals surface area contributed by atoms with Crippen molar-refractivity contribution in [3.05, 3.63) is 28.8 Å². The van der Waals surface area contributed by atoms with Gasteiger partial charge in [0.15, 0.2) is 0 Å². The first kappa shape index (κ1) is 14.6. The first-order valence-electron chi connectivity index (χ1n) is 6.52. The van der Waals surface area contributed by atoms with Crippen LogP contribution in [0.1, 0.15) is 5.56 Å². The number of benzene rings is 1. The van der Waals surface area contributed by atoms with Crippen molar-refractivity contribution in [3.8, 4) is 5.75 Å². The van der Waals surface area contributed by atoms with Crippen LogP contribution in [0.2, 0.25) is 5.02 Å². The van der Waals surface area contributed by atoms with E-state index < -0.39 is 0 Å². The van der Waals surface area contributed by atoms with Gasteiger partial charge in [0.05, 0.1) is 19.8 Å². The van der Waals surface area contributed by atoms with Crippen LogP contribution in [-0.2, 0) is 15.9 Å². The molecule has 1 aliphatic heterocycles. The van der Waals surface area contributed by atoms with Crippen molar-refractivity contribution in [2.75, 3.05) is 40.0 Å². The molecule has 2 rings (SSSR count). The van der Waals surface area contributed by atoms with Crippen molar-refractivity contribution in [3.63, 3.8) is 0 Å². The lowest BCUT2D eigenvalue weighted by Gasteiger charge is -2.11. The normalized spacial score (nSPS) is 17.3. The Bertz CT molecular complexity index is 400. The maximum absolute atomic E-state index is 5.96. The van der Waals surface area contributed by atoms with E-state index in [0.29, 0.717) is 19.8 Å². The van der Waals surface area contributed by atoms with Crippen molar-refractivity contribution in [1.82, 2.24) is 5.32 Å². The Morgan fingerprint density at radius 1 is 1.37 bits per heavy atom. The van der Waals surface area contributed by atoms with E-state index in [1.54, 1.807) is 7.11 Å². The Morgan fingerprint density at radius 3 is 3.11 bits per heavy atom. The second kappa shape index (κ2) is 7.70. The zero-order valence-corrected chi connectivity index (χ0v) is 11.9. The third-order valence-corrected chi connectivity index (χ3v) is 3.23. The second-order valence-corrected chi connectivity index (χ2v) is 4.94. The number of fused-ring (bicyclic) bond motifs is 1. The van der Waals surface area contributed by atoms with Gasteiger partial charge in [-0.3, -0.25) is 0 Å². The summed E-state index contributed by atoms with van der Waals surface area (Å²) in [6.07, 6.45) is 1.10. The van der Waals surface area contributed by atoms with Crippen molar-refractivity contribution in [2.45, 2.75) is 12.5 Å². The molecule has 1 unspecified atom stereocenters. The third kappa shape index (κ3) is 4.66. The maximum atomic E-state index is 5.96. The van der Waals surface area contributed by atoms with Crippen LogP contribution in [0.25, 0.3) is 0 Å². The lowest BCUT2D eigenvalue weighted by Crippen LogP contribution is -2.32. The van der Waals surface area contributed by atoms with Crippen molar-refractivity contribution in [2.24, 2.45) is 0 Å². The molecule has 0 amide bonds. The van der Waals surface area contributed by atoms with Gasteiger partial charge in [0.1, 0.15) is 11.9 Å². The minimum absolute atomic E-state index is 0.187. The molecule has 0 aliphatic carbocycles. The van der Waals surface area contributed by atoms with Gasteiger partial charge < -0.3 is 19.5 Å². The summed E-state index contributed by atoms with van der Waals surface area (Å²) in [6.45, 7) is 3.61. The van der Waals surface area contributed by atoms with Crippen LogP contribution in [-0.4, -0.2) is 46.1 Å². The summed E-state index contributed by atoms with van der Waals surface area (Å²) in [7, 11) is 1.67. The van der Waals surface area contributed by atoms with Crippen molar-refractivity contribution >= 4 is 11.6 Å². The smallest absolute Gasteiger partial charge is 0.123 e. The zero-order chi connectivity index (χ0) is 13.5. The van der Waals surface area contributed by atoms with E-state index in [1.165, 1.54) is 5.56 Å². The largest absolute Gasteiger partial charge is 0.488 e. The van der Waals surface area contributed by atoms with E-state index in [9.17, 15) is 0 Å². The summed E-state index contributed by atoms with van der Waals surface area (Å²) in [5, 5.41) is 4.10. The molecule has 0 saturated carbocycles. The van der Waals surface area contributed by atoms with Gasteiger partial charge in [0, 0.05) is 31.6 Å². The lowest BCUT2D eigenvalue weighted by molar-refractivity contribution is 0.0711. The molecule has 1 heterocycles. The highest BCUT2D eigenvalue weighted by Gasteiger charge is 2.22. The third-order valence-electron chi connectivity index (χ3n) is 2.99. The summed E-state index contributed by atoms with van der Waals surface area (Å²) in [6, 6.07) is 5.77. The van der Waals surface area contributed by atoms with Gasteiger partial charge in [0.25, 0.3) is 0 Å². The van der Waals surface area contributed by atoms with Gasteiger partial charge in [0.2, 0.25) is 0 Å². The van der Waals surface area contributed by atoms with Crippen LogP contribution < -0.4 is 10.1 Å². The number of nitrogens with one attached hydrogen (secondary N) is 1. The standard InChI is InChI=1S/C14H20ClNO3/c1-17-6-7-18-5-4-16-10-13-9-11-8-12(15)2-3-14(11)19-13/h2-3,8,13,16H,4-7,9-10H2,1H3. The molecule has 0 saturated heterocycles. The molecular formula is C14H20ClNO3. The molecule has 0 aromatic heterocycles. The molecule has 1 aliphatic rings. The number of rotatable bonds is 8. The lowest BCUT2D eigenvalue weighted by atomic mass is 10.1. The van der Waals surface area contributed by atoms with Crippen molar-refractivity contribution in [1.29, 1.82) is 0 Å². The number of methoxy groups -OCH3 is 1. The Labute approximate surface area is 119 Å². The van der Waals surface area contributed by atoms with E-state index in [-0.39, 0.29) is 6.10 Å². The van der Waals surface area contributed by atoms with Gasteiger partial charge in [-0.2, -0.15) is 0 Å². The Kier molecular flexibility index (Phi) is 5.92. The zero-order valence-electron chi connectivity index (χ0n) is 11.2. The molecule has 19 heavy (non-hydrogen) atoms. The topological polar surface area (TPSA) is 39.7 Å². The average molecular weight is 286 g/mol. The van der Waals surface area contributed by atoms with Gasteiger partial charge in [-0.15, -0.1) is 0 Å². The molecule has 5 heteroatoms. The van der Waals surface area contributed by atoms with E-state index in [1.807, 2.05) is 18.2 Å². The number of halogens is 1. The molecule has 4 nitrogen and oxygen atoms in total. The van der Waals surface area contributed by atoms with Crippen LogP contribution in [0.5, 0.6) is 5.75 Å². The fraction of sp³-hybridized carbons (Fsp3) is 0.571. The SMILES string of the molecule is COCCOCCNCC1Cc2cc(Cl)ccc2O1. The fourth-order valence-corrected chi connectivity index (χ4v) is 2.25. The van der Waals surface area contributed by atoms with E-state index in [2.05, 4.69) is 5.32 Å². The maximum Gasteiger partial charge on any atom is 0.123 e. The summed E-state index contributed by atoms with van der Waals surface area (Å²) in [5.74, 6) is 0.951. The minimum Gasteiger partial charge on any atom is -0.488 e. The Balaban J connectivity index is 1.59. The molecule has 1 atom stereocenters. The summed E-state index contributed by atoms with van der Waals surface area (Å²) >= 11 is 5.96. The average Bonchev–Trinajstić information content (AvgIpc) is 2.79. The predicted octanol–water partition coefficient (Wildman–Crippen LogP) is 1.90. The van der Waals surface area contributed by atoms with Gasteiger partial charge in [-0.05, 0) is 23.8 Å². The molecule has 0 fully saturated rings. The van der Waals surface area contributed by atoms with Crippen LogP contribution in [0.4, 0.5) is 0 Å². The number of hydrogen-bond acceptors (Lipinski definition) is 4. The second-order valence-electron chi connectivity index (χ2n) is 4.51. The van der Waals surface area contributed by atoms with E-state index >= 15 is 0 Å². The van der Waals surface area contributed by atoms with Crippen LogP contribution >= 0.6 is 11.6 Å². The molecule has 1 aromatic rings. The number of ether oxygens (including phenoxy) is 3. The quantitative estimate of drug-likeness (QED) is 0.741. The summed E-state index contributed by atoms with van der Waals surface area (Å²) in [4.78, 5) is 0. The molecule has 106 valence electrons. The highest BCUT2D eigenvalue weighted by atomic mass is 35.5. The van der Waals surface area contributed by atoms with Crippen LogP contribution in [0.15, 0.2) is 18.2 Å². The fourth-order valence-electron chi connectivity index (χ4n) is 2.05. The summed E-state index contributed by atoms with van der Waals surface area (Å²) in [5.41, 5.74) is 1.19. The minimum atomic E-state index is 0.187. The highest BCUT2D eigenvalue weighted by molar-refractivity contribution is 6.30. The molecule has 1 aromatic carbocycles. The predicted molar refractivity (Wildman–Crippen MR) is 75.1 cm³/mol. The van der Waals surface area contributed by atoms with Gasteiger partial charge in [-0.25, -0.2) is 0 Å². The van der Waals surface area contributed by atoms with Gasteiger partial charge >= 0.3 is 0 Å². The Hall–Kier alpha value is -0.810. The molecule has 0 spiro atoms.